The van der Waals surface area contributed by atoms with Crippen molar-refractivity contribution in [2.45, 2.75) is 0 Å². The first-order valence-electron chi connectivity index (χ1n) is 16.4. The van der Waals surface area contributed by atoms with Crippen LogP contribution in [0.3, 0.4) is 0 Å². The van der Waals surface area contributed by atoms with Gasteiger partial charge in [0.05, 0.1) is 0 Å². The minimum atomic E-state index is 1.24. The summed E-state index contributed by atoms with van der Waals surface area (Å²) in [5, 5.41) is 0. The van der Waals surface area contributed by atoms with Crippen LogP contribution in [0.4, 0.5) is 0 Å². The number of hydrogen-bond donors (Lipinski definition) is 0. The van der Waals surface area contributed by atoms with Crippen LogP contribution in [0.25, 0.3) is 66.8 Å². The third-order valence-electron chi connectivity index (χ3n) is 8.51. The van der Waals surface area contributed by atoms with Crippen molar-refractivity contribution >= 4 is 0 Å². The fraction of sp³-hybridized carbons (Fsp3) is 0. The average Bonchev–Trinajstić information content (AvgIpc) is 3.20. The molecule has 0 fully saturated rings. The molecule has 0 N–H and O–H groups in total. The van der Waals surface area contributed by atoms with E-state index in [1.54, 1.807) is 0 Å². The molecule has 0 bridgehead atoms. The second-order valence-corrected chi connectivity index (χ2v) is 11.8. The quantitative estimate of drug-likeness (QED) is 0.175. The lowest BCUT2D eigenvalue weighted by atomic mass is 9.93. The van der Waals surface area contributed by atoms with Crippen LogP contribution in [0.1, 0.15) is 0 Å². The molecule has 0 aliphatic heterocycles. The van der Waals surface area contributed by atoms with E-state index >= 15 is 0 Å². The van der Waals surface area contributed by atoms with Gasteiger partial charge in [0.1, 0.15) is 0 Å². The lowest BCUT2D eigenvalue weighted by Crippen LogP contribution is -1.85. The minimum Gasteiger partial charge on any atom is -0.0622 e. The Bertz CT molecular complexity index is 1730. The van der Waals surface area contributed by atoms with Crippen molar-refractivity contribution in [2.75, 3.05) is 0 Å². The van der Waals surface area contributed by atoms with Crippen LogP contribution in [0.5, 0.6) is 0 Å². The van der Waals surface area contributed by atoms with Gasteiger partial charge in [-0.15, -0.1) is 0 Å². The number of rotatable bonds is 6. The maximum absolute atomic E-state index is 2.27. The summed E-state index contributed by atoms with van der Waals surface area (Å²) in [6, 6.07) is 77.1. The summed E-state index contributed by atoms with van der Waals surface area (Å²) < 4.78 is 0. The largest absolute Gasteiger partial charge is 0.0622 e. The van der Waals surface area contributed by atoms with Gasteiger partial charge in [0.15, 0.2) is 0 Å². The molecule has 8 aromatic rings. The zero-order valence-corrected chi connectivity index (χ0v) is 26.8. The van der Waals surface area contributed by atoms with Crippen molar-refractivity contribution in [3.63, 3.8) is 0 Å². The zero-order chi connectivity index (χ0) is 32.4. The smallest absolute Gasteiger partial charge is 0.0172 e. The van der Waals surface area contributed by atoms with Gasteiger partial charge in [-0.05, 0) is 103 Å². The van der Waals surface area contributed by atoms with Crippen molar-refractivity contribution in [1.82, 2.24) is 0 Å². The van der Waals surface area contributed by atoms with E-state index in [2.05, 4.69) is 218 Å². The second-order valence-electron chi connectivity index (χ2n) is 11.8. The fourth-order valence-electron chi connectivity index (χ4n) is 6.04. The van der Waals surface area contributed by atoms with Crippen LogP contribution in [-0.2, 0) is 0 Å². The fourth-order valence-corrected chi connectivity index (χ4v) is 6.04. The minimum absolute atomic E-state index is 1.24. The Kier molecular flexibility index (Phi) is 9.44. The summed E-state index contributed by atoms with van der Waals surface area (Å²) in [6.07, 6.45) is 0. The highest BCUT2D eigenvalue weighted by Gasteiger charge is 2.08. The lowest BCUT2D eigenvalue weighted by molar-refractivity contribution is 1.56. The van der Waals surface area contributed by atoms with E-state index in [0.717, 1.165) is 0 Å². The molecular formula is C48H36. The standard InChI is InChI=1S/2C24H18/c2*1-4-10-19(11-5-1)22-16-23(20-12-6-2-7-13-20)18-24(17-22)21-14-8-3-9-15-21/h2*1-18H. The molecule has 8 rings (SSSR count). The Balaban J connectivity index is 0.000000152. The van der Waals surface area contributed by atoms with E-state index in [1.807, 2.05) is 0 Å². The highest BCUT2D eigenvalue weighted by atomic mass is 14.1. The third-order valence-corrected chi connectivity index (χ3v) is 8.51. The Hall–Kier alpha value is -6.24. The monoisotopic (exact) mass is 612 g/mol. The molecular weight excluding hydrogens is 577 g/mol. The summed E-state index contributed by atoms with van der Waals surface area (Å²) in [6.45, 7) is 0. The molecule has 8 aromatic carbocycles. The SMILES string of the molecule is c1ccc(-c2cc(-c3ccccc3)cc(-c3ccccc3)c2)cc1.c1ccc(-c2cc(-c3ccccc3)cc(-c3ccccc3)c2)cc1. The number of hydrogen-bond acceptors (Lipinski definition) is 0. The summed E-state index contributed by atoms with van der Waals surface area (Å²) in [4.78, 5) is 0. The summed E-state index contributed by atoms with van der Waals surface area (Å²) >= 11 is 0. The summed E-state index contributed by atoms with van der Waals surface area (Å²) in [7, 11) is 0. The van der Waals surface area contributed by atoms with Gasteiger partial charge in [-0.3, -0.25) is 0 Å². The molecule has 0 saturated heterocycles. The van der Waals surface area contributed by atoms with Gasteiger partial charge in [0.2, 0.25) is 0 Å². The van der Waals surface area contributed by atoms with Crippen LogP contribution in [-0.4, -0.2) is 0 Å². The lowest BCUT2D eigenvalue weighted by Gasteiger charge is -2.11. The second kappa shape index (κ2) is 14.9. The van der Waals surface area contributed by atoms with Gasteiger partial charge >= 0.3 is 0 Å². The Morgan fingerprint density at radius 1 is 0.125 bits per heavy atom. The molecule has 0 aliphatic rings. The molecule has 0 heterocycles. The van der Waals surface area contributed by atoms with Crippen LogP contribution < -0.4 is 0 Å². The highest BCUT2D eigenvalue weighted by Crippen LogP contribution is 2.34. The van der Waals surface area contributed by atoms with E-state index in [0.29, 0.717) is 0 Å². The summed E-state index contributed by atoms with van der Waals surface area (Å²) in [5.74, 6) is 0. The molecule has 228 valence electrons. The van der Waals surface area contributed by atoms with E-state index in [4.69, 9.17) is 0 Å². The van der Waals surface area contributed by atoms with Gasteiger partial charge in [0.25, 0.3) is 0 Å². The topological polar surface area (TPSA) is 0 Å². The first-order chi connectivity index (χ1) is 23.8. The van der Waals surface area contributed by atoms with Crippen molar-refractivity contribution in [3.05, 3.63) is 218 Å². The molecule has 0 heteroatoms. The molecule has 0 aromatic heterocycles. The Morgan fingerprint density at radius 3 is 0.375 bits per heavy atom. The van der Waals surface area contributed by atoms with Crippen LogP contribution in [0.15, 0.2) is 218 Å². The predicted molar refractivity (Wildman–Crippen MR) is 205 cm³/mol. The molecule has 0 nitrogen and oxygen atoms in total. The van der Waals surface area contributed by atoms with Crippen LogP contribution >= 0.6 is 0 Å². The van der Waals surface area contributed by atoms with Crippen molar-refractivity contribution in [2.24, 2.45) is 0 Å². The van der Waals surface area contributed by atoms with Gasteiger partial charge < -0.3 is 0 Å². The normalized spacial score (nSPS) is 10.5. The van der Waals surface area contributed by atoms with E-state index < -0.39 is 0 Å². The molecule has 48 heavy (non-hydrogen) atoms. The van der Waals surface area contributed by atoms with Crippen molar-refractivity contribution < 1.29 is 0 Å². The van der Waals surface area contributed by atoms with E-state index in [9.17, 15) is 0 Å². The van der Waals surface area contributed by atoms with Crippen LogP contribution in [0.2, 0.25) is 0 Å². The maximum Gasteiger partial charge on any atom is -0.0172 e. The predicted octanol–water partition coefficient (Wildman–Crippen LogP) is 13.4. The maximum atomic E-state index is 2.27. The number of benzene rings is 8. The highest BCUT2D eigenvalue weighted by molar-refractivity contribution is 5.82. The van der Waals surface area contributed by atoms with E-state index in [1.165, 1.54) is 66.8 Å². The molecule has 0 radical (unpaired) electrons. The van der Waals surface area contributed by atoms with Gasteiger partial charge in [-0.25, -0.2) is 0 Å². The van der Waals surface area contributed by atoms with Gasteiger partial charge in [0, 0.05) is 0 Å². The first kappa shape index (κ1) is 30.4. The summed E-state index contributed by atoms with van der Waals surface area (Å²) in [5.41, 5.74) is 14.9. The third kappa shape index (κ3) is 7.41. The molecule has 0 spiro atoms. The van der Waals surface area contributed by atoms with Gasteiger partial charge in [-0.1, -0.05) is 182 Å². The average molecular weight is 613 g/mol. The molecule has 0 saturated carbocycles. The first-order valence-corrected chi connectivity index (χ1v) is 16.4. The molecule has 0 amide bonds. The zero-order valence-electron chi connectivity index (χ0n) is 26.8. The Morgan fingerprint density at radius 2 is 0.250 bits per heavy atom. The van der Waals surface area contributed by atoms with E-state index in [-0.39, 0.29) is 0 Å². The molecule has 0 aliphatic carbocycles. The van der Waals surface area contributed by atoms with Crippen molar-refractivity contribution in [1.29, 1.82) is 0 Å². The molecule has 0 unspecified atom stereocenters. The van der Waals surface area contributed by atoms with Gasteiger partial charge in [-0.2, -0.15) is 0 Å². The van der Waals surface area contributed by atoms with Crippen LogP contribution in [0, 0.1) is 0 Å². The molecule has 0 atom stereocenters. The Labute approximate surface area is 284 Å². The van der Waals surface area contributed by atoms with Crippen molar-refractivity contribution in [3.8, 4) is 66.8 Å².